The lowest BCUT2D eigenvalue weighted by atomic mass is 10.2. The molecule has 16 heavy (non-hydrogen) atoms. The SMILES string of the molecule is CC[C@H](NC(=O)N1CCSC(C)C1)C(=O)O. The predicted octanol–water partition coefficient (Wildman–Crippen LogP) is 0.997. The summed E-state index contributed by atoms with van der Waals surface area (Å²) in [5, 5.41) is 11.8. The molecule has 2 N–H and O–H groups in total. The van der Waals surface area contributed by atoms with Gasteiger partial charge in [-0.2, -0.15) is 11.8 Å². The average Bonchev–Trinajstić information content (AvgIpc) is 2.25. The van der Waals surface area contributed by atoms with Crippen LogP contribution in [0.25, 0.3) is 0 Å². The molecule has 1 aliphatic rings. The number of carboxylic acid groups (broad SMARTS) is 1. The van der Waals surface area contributed by atoms with Gasteiger partial charge < -0.3 is 15.3 Å². The molecule has 2 amide bonds. The Labute approximate surface area is 99.6 Å². The molecule has 2 atom stereocenters. The highest BCUT2D eigenvalue weighted by molar-refractivity contribution is 7.99. The first-order valence-corrected chi connectivity index (χ1v) is 6.49. The smallest absolute Gasteiger partial charge is 0.326 e. The molecule has 6 heteroatoms. The summed E-state index contributed by atoms with van der Waals surface area (Å²) < 4.78 is 0. The van der Waals surface area contributed by atoms with Gasteiger partial charge in [-0.05, 0) is 6.42 Å². The predicted molar refractivity (Wildman–Crippen MR) is 63.7 cm³/mol. The van der Waals surface area contributed by atoms with Crippen molar-refractivity contribution in [1.29, 1.82) is 0 Å². The molecule has 1 unspecified atom stereocenters. The first kappa shape index (κ1) is 13.2. The molecule has 0 spiro atoms. The summed E-state index contributed by atoms with van der Waals surface area (Å²) >= 11 is 1.83. The molecule has 1 aliphatic heterocycles. The Morgan fingerprint density at radius 1 is 1.62 bits per heavy atom. The van der Waals surface area contributed by atoms with Crippen molar-refractivity contribution in [2.45, 2.75) is 31.6 Å². The molecule has 92 valence electrons. The second kappa shape index (κ2) is 5.98. The second-order valence-electron chi connectivity index (χ2n) is 3.88. The van der Waals surface area contributed by atoms with Crippen molar-refractivity contribution in [3.8, 4) is 0 Å². The number of carbonyl (C=O) groups excluding carboxylic acids is 1. The van der Waals surface area contributed by atoms with E-state index in [1.807, 2.05) is 11.8 Å². The fourth-order valence-corrected chi connectivity index (χ4v) is 2.60. The minimum absolute atomic E-state index is 0.263. The molecule has 0 bridgehead atoms. The van der Waals surface area contributed by atoms with Gasteiger partial charge in [0.1, 0.15) is 6.04 Å². The van der Waals surface area contributed by atoms with Crippen LogP contribution < -0.4 is 5.32 Å². The van der Waals surface area contributed by atoms with E-state index < -0.39 is 12.0 Å². The molecule has 1 saturated heterocycles. The zero-order valence-electron chi connectivity index (χ0n) is 9.60. The van der Waals surface area contributed by atoms with Gasteiger partial charge in [0, 0.05) is 24.1 Å². The van der Waals surface area contributed by atoms with E-state index in [0.29, 0.717) is 24.8 Å². The van der Waals surface area contributed by atoms with Crippen LogP contribution in [0.5, 0.6) is 0 Å². The van der Waals surface area contributed by atoms with E-state index in [-0.39, 0.29) is 6.03 Å². The third-order valence-corrected chi connectivity index (χ3v) is 3.67. The lowest BCUT2D eigenvalue weighted by molar-refractivity contribution is -0.139. The van der Waals surface area contributed by atoms with Gasteiger partial charge in [-0.25, -0.2) is 9.59 Å². The standard InChI is InChI=1S/C10H18N2O3S/c1-3-8(9(13)14)11-10(15)12-4-5-16-7(2)6-12/h7-8H,3-6H2,1-2H3,(H,11,15)(H,13,14)/t7?,8-/m0/s1. The van der Waals surface area contributed by atoms with Crippen molar-refractivity contribution in [2.24, 2.45) is 0 Å². The van der Waals surface area contributed by atoms with E-state index in [9.17, 15) is 9.59 Å². The summed E-state index contributed by atoms with van der Waals surface area (Å²) in [6.07, 6.45) is 0.402. The van der Waals surface area contributed by atoms with Gasteiger partial charge in [-0.15, -0.1) is 0 Å². The number of urea groups is 1. The molecular formula is C10H18N2O3S. The van der Waals surface area contributed by atoms with Crippen molar-refractivity contribution >= 4 is 23.8 Å². The molecule has 0 aromatic rings. The van der Waals surface area contributed by atoms with Gasteiger partial charge in [-0.3, -0.25) is 0 Å². The molecular weight excluding hydrogens is 228 g/mol. The Hall–Kier alpha value is -0.910. The normalized spacial score (nSPS) is 22.6. The van der Waals surface area contributed by atoms with Crippen molar-refractivity contribution in [2.75, 3.05) is 18.8 Å². The summed E-state index contributed by atoms with van der Waals surface area (Å²) in [5.74, 6) is -0.0615. The topological polar surface area (TPSA) is 69.6 Å². The van der Waals surface area contributed by atoms with Crippen LogP contribution in [-0.4, -0.2) is 52.1 Å². The lowest BCUT2D eigenvalue weighted by Crippen LogP contribution is -2.51. The van der Waals surface area contributed by atoms with Gasteiger partial charge in [-0.1, -0.05) is 13.8 Å². The minimum Gasteiger partial charge on any atom is -0.480 e. The first-order valence-electron chi connectivity index (χ1n) is 5.44. The summed E-state index contributed by atoms with van der Waals surface area (Å²) in [5.41, 5.74) is 0. The van der Waals surface area contributed by atoms with Gasteiger partial charge in [0.2, 0.25) is 0 Å². The molecule has 0 radical (unpaired) electrons. The van der Waals surface area contributed by atoms with Crippen molar-refractivity contribution in [1.82, 2.24) is 10.2 Å². The Bertz CT molecular complexity index is 273. The maximum absolute atomic E-state index is 11.8. The van der Waals surface area contributed by atoms with Gasteiger partial charge in [0.05, 0.1) is 0 Å². The molecule has 0 aromatic heterocycles. The Balaban J connectivity index is 2.47. The van der Waals surface area contributed by atoms with E-state index in [2.05, 4.69) is 12.2 Å². The number of carboxylic acids is 1. The number of hydrogen-bond donors (Lipinski definition) is 2. The number of rotatable bonds is 3. The molecule has 0 aliphatic carbocycles. The monoisotopic (exact) mass is 246 g/mol. The van der Waals surface area contributed by atoms with Gasteiger partial charge in [0.25, 0.3) is 0 Å². The Morgan fingerprint density at radius 3 is 2.81 bits per heavy atom. The van der Waals surface area contributed by atoms with Crippen molar-refractivity contribution in [3.63, 3.8) is 0 Å². The molecule has 0 saturated carbocycles. The summed E-state index contributed by atoms with van der Waals surface area (Å²) in [6, 6.07) is -1.04. The number of thioether (sulfide) groups is 1. The zero-order chi connectivity index (χ0) is 12.1. The van der Waals surface area contributed by atoms with E-state index in [4.69, 9.17) is 5.11 Å². The van der Waals surface area contributed by atoms with E-state index in [1.54, 1.807) is 11.8 Å². The van der Waals surface area contributed by atoms with Crippen LogP contribution in [0.4, 0.5) is 4.79 Å². The molecule has 1 rings (SSSR count). The summed E-state index contributed by atoms with van der Waals surface area (Å²) in [6.45, 7) is 5.19. The Morgan fingerprint density at radius 2 is 2.31 bits per heavy atom. The van der Waals surface area contributed by atoms with Crippen LogP contribution >= 0.6 is 11.8 Å². The average molecular weight is 246 g/mol. The van der Waals surface area contributed by atoms with Crippen LogP contribution in [0.2, 0.25) is 0 Å². The fraction of sp³-hybridized carbons (Fsp3) is 0.800. The first-order chi connectivity index (χ1) is 7.54. The number of hydrogen-bond acceptors (Lipinski definition) is 3. The lowest BCUT2D eigenvalue weighted by Gasteiger charge is -2.31. The quantitative estimate of drug-likeness (QED) is 0.779. The Kier molecular flexibility index (Phi) is 4.92. The number of aliphatic carboxylic acids is 1. The third kappa shape index (κ3) is 3.59. The third-order valence-electron chi connectivity index (χ3n) is 2.53. The zero-order valence-corrected chi connectivity index (χ0v) is 10.4. The second-order valence-corrected chi connectivity index (χ2v) is 5.42. The van der Waals surface area contributed by atoms with Gasteiger partial charge >= 0.3 is 12.0 Å². The van der Waals surface area contributed by atoms with Crippen LogP contribution in [-0.2, 0) is 4.79 Å². The van der Waals surface area contributed by atoms with Crippen LogP contribution in [0.3, 0.4) is 0 Å². The van der Waals surface area contributed by atoms with Crippen LogP contribution in [0.1, 0.15) is 20.3 Å². The summed E-state index contributed by atoms with van der Waals surface area (Å²) in [4.78, 5) is 24.2. The van der Waals surface area contributed by atoms with Crippen LogP contribution in [0.15, 0.2) is 0 Å². The van der Waals surface area contributed by atoms with E-state index in [0.717, 1.165) is 5.75 Å². The van der Waals surface area contributed by atoms with E-state index in [1.165, 1.54) is 0 Å². The largest absolute Gasteiger partial charge is 0.480 e. The highest BCUT2D eigenvalue weighted by Gasteiger charge is 2.24. The highest BCUT2D eigenvalue weighted by Crippen LogP contribution is 2.17. The number of amides is 2. The molecule has 1 heterocycles. The van der Waals surface area contributed by atoms with Crippen LogP contribution in [0, 0.1) is 0 Å². The fourth-order valence-electron chi connectivity index (χ4n) is 1.58. The maximum atomic E-state index is 11.8. The highest BCUT2D eigenvalue weighted by atomic mass is 32.2. The van der Waals surface area contributed by atoms with Gasteiger partial charge in [0.15, 0.2) is 0 Å². The van der Waals surface area contributed by atoms with E-state index >= 15 is 0 Å². The number of nitrogens with zero attached hydrogens (tertiary/aromatic N) is 1. The maximum Gasteiger partial charge on any atom is 0.326 e. The molecule has 1 fully saturated rings. The molecule has 5 nitrogen and oxygen atoms in total. The molecule has 0 aromatic carbocycles. The minimum atomic E-state index is -0.977. The summed E-state index contributed by atoms with van der Waals surface area (Å²) in [7, 11) is 0. The van der Waals surface area contributed by atoms with Crippen molar-refractivity contribution < 1.29 is 14.7 Å². The van der Waals surface area contributed by atoms with Crippen molar-refractivity contribution in [3.05, 3.63) is 0 Å². The number of carbonyl (C=O) groups is 2. The number of nitrogens with one attached hydrogen (secondary N) is 1.